The van der Waals surface area contributed by atoms with Crippen molar-refractivity contribution in [3.8, 4) is 0 Å². The van der Waals surface area contributed by atoms with E-state index in [2.05, 4.69) is 26.1 Å². The number of β-amino-alcohol motifs (C(OH)–C–C–N with tert-alkyl or cyclic N) is 1. The summed E-state index contributed by atoms with van der Waals surface area (Å²) in [5.74, 6) is 2.72. The number of nitrogens with one attached hydrogen (secondary N) is 1. The minimum atomic E-state index is -0.240. The molecule has 1 spiro atoms. The summed E-state index contributed by atoms with van der Waals surface area (Å²) in [5, 5.41) is 13.8. The Balaban J connectivity index is 1.84. The number of aliphatic hydroxyl groups is 1. The van der Waals surface area contributed by atoms with Crippen LogP contribution in [0.5, 0.6) is 0 Å². The number of ether oxygens (including phenoxy) is 1. The molecule has 2 N–H and O–H groups in total. The Morgan fingerprint density at radius 3 is 2.89 bits per heavy atom. The van der Waals surface area contributed by atoms with Gasteiger partial charge in [-0.05, 0) is 51.7 Å². The normalized spacial score (nSPS) is 35.0. The average Bonchev–Trinajstić information content (AvgIpc) is 2.73. The van der Waals surface area contributed by atoms with Gasteiger partial charge in [-0.2, -0.15) is 11.8 Å². The molecular weight excluding hydrogens is 246 g/mol. The van der Waals surface area contributed by atoms with Crippen molar-refractivity contribution < 1.29 is 9.84 Å². The SMILES string of the molecule is CC(C)(C)NCC(O)C1CCOC2(CCSC2)C1. The summed E-state index contributed by atoms with van der Waals surface area (Å²) in [5.41, 5.74) is 0.156. The van der Waals surface area contributed by atoms with Crippen molar-refractivity contribution in [2.75, 3.05) is 24.7 Å². The van der Waals surface area contributed by atoms with E-state index in [-0.39, 0.29) is 17.2 Å². The van der Waals surface area contributed by atoms with E-state index in [1.807, 2.05) is 11.8 Å². The van der Waals surface area contributed by atoms with Crippen LogP contribution < -0.4 is 5.32 Å². The zero-order chi connectivity index (χ0) is 13.2. The molecule has 2 aliphatic heterocycles. The maximum Gasteiger partial charge on any atom is 0.0783 e. The predicted octanol–water partition coefficient (Wildman–Crippen LogP) is 2.04. The highest BCUT2D eigenvalue weighted by Crippen LogP contribution is 2.41. The molecule has 3 nitrogen and oxygen atoms in total. The first kappa shape index (κ1) is 14.6. The van der Waals surface area contributed by atoms with Crippen molar-refractivity contribution in [2.24, 2.45) is 5.92 Å². The van der Waals surface area contributed by atoms with E-state index in [0.717, 1.165) is 31.6 Å². The number of thioether (sulfide) groups is 1. The van der Waals surface area contributed by atoms with E-state index in [1.165, 1.54) is 5.75 Å². The van der Waals surface area contributed by atoms with Crippen molar-refractivity contribution in [1.29, 1.82) is 0 Å². The Kier molecular flexibility index (Phi) is 4.63. The molecule has 2 heterocycles. The summed E-state index contributed by atoms with van der Waals surface area (Å²) in [7, 11) is 0. The fourth-order valence-electron chi connectivity index (χ4n) is 2.83. The molecular formula is C14H27NO2S. The minimum absolute atomic E-state index is 0.0764. The molecule has 106 valence electrons. The molecule has 2 rings (SSSR count). The first-order chi connectivity index (χ1) is 8.40. The smallest absolute Gasteiger partial charge is 0.0783 e. The van der Waals surface area contributed by atoms with Crippen LogP contribution in [-0.4, -0.2) is 47.0 Å². The van der Waals surface area contributed by atoms with Gasteiger partial charge in [0.1, 0.15) is 0 Å². The predicted molar refractivity (Wildman–Crippen MR) is 77.1 cm³/mol. The topological polar surface area (TPSA) is 41.5 Å². The summed E-state index contributed by atoms with van der Waals surface area (Å²) in [6, 6.07) is 0. The quantitative estimate of drug-likeness (QED) is 0.826. The molecule has 3 atom stereocenters. The van der Waals surface area contributed by atoms with E-state index >= 15 is 0 Å². The molecule has 18 heavy (non-hydrogen) atoms. The Morgan fingerprint density at radius 1 is 1.50 bits per heavy atom. The molecule has 2 saturated heterocycles. The monoisotopic (exact) mass is 273 g/mol. The van der Waals surface area contributed by atoms with Crippen molar-refractivity contribution in [2.45, 2.75) is 57.3 Å². The molecule has 2 fully saturated rings. The molecule has 0 aromatic carbocycles. The van der Waals surface area contributed by atoms with Crippen molar-refractivity contribution >= 4 is 11.8 Å². The summed E-state index contributed by atoms with van der Waals surface area (Å²) < 4.78 is 6.00. The van der Waals surface area contributed by atoms with Crippen LogP contribution in [0.3, 0.4) is 0 Å². The summed E-state index contributed by atoms with van der Waals surface area (Å²) in [6.45, 7) is 7.92. The van der Waals surface area contributed by atoms with Gasteiger partial charge < -0.3 is 15.2 Å². The minimum Gasteiger partial charge on any atom is -0.392 e. The summed E-state index contributed by atoms with van der Waals surface area (Å²) >= 11 is 1.99. The highest BCUT2D eigenvalue weighted by Gasteiger charge is 2.42. The molecule has 0 aromatic heterocycles. The van der Waals surface area contributed by atoms with Gasteiger partial charge in [0.2, 0.25) is 0 Å². The highest BCUT2D eigenvalue weighted by molar-refractivity contribution is 7.99. The lowest BCUT2D eigenvalue weighted by molar-refractivity contribution is -0.101. The number of hydrogen-bond donors (Lipinski definition) is 2. The van der Waals surface area contributed by atoms with Crippen molar-refractivity contribution in [1.82, 2.24) is 5.32 Å². The molecule has 3 unspecified atom stereocenters. The summed E-state index contributed by atoms with van der Waals surface area (Å²) in [6.07, 6.45) is 2.95. The first-order valence-electron chi connectivity index (χ1n) is 7.05. The van der Waals surface area contributed by atoms with Crippen LogP contribution in [0.4, 0.5) is 0 Å². The second-order valence-corrected chi connectivity index (χ2v) is 7.89. The van der Waals surface area contributed by atoms with Crippen molar-refractivity contribution in [3.63, 3.8) is 0 Å². The van der Waals surface area contributed by atoms with Crippen LogP contribution in [0.2, 0.25) is 0 Å². The third-order valence-electron chi connectivity index (χ3n) is 3.98. The molecule has 4 heteroatoms. The third-order valence-corrected chi connectivity index (χ3v) is 5.21. The highest BCUT2D eigenvalue weighted by atomic mass is 32.2. The summed E-state index contributed by atoms with van der Waals surface area (Å²) in [4.78, 5) is 0. The van der Waals surface area contributed by atoms with Gasteiger partial charge in [0.05, 0.1) is 11.7 Å². The molecule has 0 bridgehead atoms. The van der Waals surface area contributed by atoms with Crippen molar-refractivity contribution in [3.05, 3.63) is 0 Å². The van der Waals surface area contributed by atoms with E-state index < -0.39 is 0 Å². The van der Waals surface area contributed by atoms with Gasteiger partial charge in [0.25, 0.3) is 0 Å². The maximum absolute atomic E-state index is 10.4. The molecule has 0 aliphatic carbocycles. The molecule has 0 amide bonds. The Bertz CT molecular complexity index is 271. The van der Waals surface area contributed by atoms with Gasteiger partial charge in [-0.1, -0.05) is 0 Å². The average molecular weight is 273 g/mol. The van der Waals surface area contributed by atoms with Gasteiger partial charge in [-0.3, -0.25) is 0 Å². The fraction of sp³-hybridized carbons (Fsp3) is 1.00. The maximum atomic E-state index is 10.4. The largest absolute Gasteiger partial charge is 0.392 e. The molecule has 2 aliphatic rings. The second-order valence-electron chi connectivity index (χ2n) is 6.79. The second kappa shape index (κ2) is 5.70. The van der Waals surface area contributed by atoms with E-state index in [9.17, 15) is 5.11 Å². The molecule has 0 radical (unpaired) electrons. The number of aliphatic hydroxyl groups excluding tert-OH is 1. The van der Waals surface area contributed by atoms with Gasteiger partial charge in [-0.15, -0.1) is 0 Å². The van der Waals surface area contributed by atoms with Crippen LogP contribution >= 0.6 is 11.8 Å². The standard InChI is InChI=1S/C14H27NO2S/c1-13(2,3)15-9-12(16)11-4-6-17-14(8-11)5-7-18-10-14/h11-12,15-16H,4-10H2,1-3H3. The fourth-order valence-corrected chi connectivity index (χ4v) is 4.21. The zero-order valence-corrected chi connectivity index (χ0v) is 12.7. The number of rotatable bonds is 3. The van der Waals surface area contributed by atoms with Gasteiger partial charge in [0, 0.05) is 24.4 Å². The third kappa shape index (κ3) is 3.86. The van der Waals surface area contributed by atoms with Crippen LogP contribution in [0.1, 0.15) is 40.0 Å². The van der Waals surface area contributed by atoms with Gasteiger partial charge >= 0.3 is 0 Å². The van der Waals surface area contributed by atoms with E-state index in [0.29, 0.717) is 12.5 Å². The van der Waals surface area contributed by atoms with Crippen LogP contribution in [-0.2, 0) is 4.74 Å². The van der Waals surface area contributed by atoms with E-state index in [4.69, 9.17) is 4.74 Å². The lowest BCUT2D eigenvalue weighted by Gasteiger charge is -2.40. The lowest BCUT2D eigenvalue weighted by atomic mass is 9.82. The van der Waals surface area contributed by atoms with E-state index in [1.54, 1.807) is 0 Å². The Labute approximate surface area is 115 Å². The Morgan fingerprint density at radius 2 is 2.28 bits per heavy atom. The molecule has 0 saturated carbocycles. The zero-order valence-electron chi connectivity index (χ0n) is 11.9. The van der Waals surface area contributed by atoms with Crippen LogP contribution in [0, 0.1) is 5.92 Å². The Hall–Kier alpha value is 0.230. The van der Waals surface area contributed by atoms with Gasteiger partial charge in [0.15, 0.2) is 0 Å². The van der Waals surface area contributed by atoms with Crippen LogP contribution in [0.25, 0.3) is 0 Å². The van der Waals surface area contributed by atoms with Gasteiger partial charge in [-0.25, -0.2) is 0 Å². The molecule has 0 aromatic rings. The van der Waals surface area contributed by atoms with Crippen LogP contribution in [0.15, 0.2) is 0 Å². The lowest BCUT2D eigenvalue weighted by Crippen LogP contribution is -2.48. The number of hydrogen-bond acceptors (Lipinski definition) is 4. The first-order valence-corrected chi connectivity index (χ1v) is 8.21.